The second-order valence-corrected chi connectivity index (χ2v) is 9.28. The lowest BCUT2D eigenvalue weighted by Crippen LogP contribution is -2.23. The second-order valence-electron chi connectivity index (χ2n) is 7.60. The lowest BCUT2D eigenvalue weighted by atomic mass is 10.1. The fourth-order valence-corrected chi connectivity index (χ4v) is 4.33. The van der Waals surface area contributed by atoms with E-state index in [-0.39, 0.29) is 16.5 Å². The van der Waals surface area contributed by atoms with Gasteiger partial charge in [-0.15, -0.1) is 0 Å². The van der Waals surface area contributed by atoms with E-state index in [1.807, 2.05) is 12.1 Å². The van der Waals surface area contributed by atoms with Crippen molar-refractivity contribution < 1.29 is 17.6 Å². The van der Waals surface area contributed by atoms with Gasteiger partial charge in [0, 0.05) is 24.3 Å². The SMILES string of the molecule is CCN(CC)Cc1ccc(CNC(=O)c2ccc(S(=O)(=O)Nc3ccc(F)cc3)cc2)cc1. The van der Waals surface area contributed by atoms with E-state index in [9.17, 15) is 17.6 Å². The average molecular weight is 470 g/mol. The Morgan fingerprint density at radius 2 is 1.42 bits per heavy atom. The van der Waals surface area contributed by atoms with Crippen LogP contribution in [0.4, 0.5) is 10.1 Å². The van der Waals surface area contributed by atoms with Gasteiger partial charge < -0.3 is 5.32 Å². The number of sulfonamides is 1. The van der Waals surface area contributed by atoms with Crippen LogP contribution in [-0.2, 0) is 23.1 Å². The number of carbonyl (C=O) groups excluding carboxylic acids is 1. The van der Waals surface area contributed by atoms with E-state index < -0.39 is 15.8 Å². The maximum atomic E-state index is 13.0. The van der Waals surface area contributed by atoms with Crippen molar-refractivity contribution in [1.82, 2.24) is 10.2 Å². The van der Waals surface area contributed by atoms with E-state index in [0.29, 0.717) is 12.1 Å². The van der Waals surface area contributed by atoms with Crippen molar-refractivity contribution in [3.63, 3.8) is 0 Å². The maximum Gasteiger partial charge on any atom is 0.261 e. The lowest BCUT2D eigenvalue weighted by Gasteiger charge is -2.18. The Bertz CT molecular complexity index is 1160. The van der Waals surface area contributed by atoms with Crippen LogP contribution in [0.1, 0.15) is 35.3 Å². The summed E-state index contributed by atoms with van der Waals surface area (Å²) in [4.78, 5) is 14.8. The summed E-state index contributed by atoms with van der Waals surface area (Å²) in [5.74, 6) is -0.749. The van der Waals surface area contributed by atoms with Crippen LogP contribution in [0.2, 0.25) is 0 Å². The Morgan fingerprint density at radius 3 is 2.00 bits per heavy atom. The third-order valence-corrected chi connectivity index (χ3v) is 6.70. The van der Waals surface area contributed by atoms with Crippen LogP contribution >= 0.6 is 0 Å². The van der Waals surface area contributed by atoms with E-state index in [0.717, 1.165) is 25.2 Å². The third-order valence-electron chi connectivity index (χ3n) is 5.30. The first kappa shape index (κ1) is 24.4. The zero-order chi connectivity index (χ0) is 23.8. The molecule has 8 heteroatoms. The highest BCUT2D eigenvalue weighted by Crippen LogP contribution is 2.17. The molecule has 0 fully saturated rings. The largest absolute Gasteiger partial charge is 0.348 e. The molecular formula is C25H28FN3O3S. The van der Waals surface area contributed by atoms with E-state index >= 15 is 0 Å². The number of hydrogen-bond acceptors (Lipinski definition) is 4. The molecule has 0 spiro atoms. The lowest BCUT2D eigenvalue weighted by molar-refractivity contribution is 0.0951. The molecule has 1 amide bonds. The zero-order valence-corrected chi connectivity index (χ0v) is 19.5. The molecule has 0 aliphatic rings. The summed E-state index contributed by atoms with van der Waals surface area (Å²) in [6.45, 7) is 7.53. The smallest absolute Gasteiger partial charge is 0.261 e. The van der Waals surface area contributed by atoms with Crippen LogP contribution in [0.15, 0.2) is 77.7 Å². The Hall–Kier alpha value is -3.23. The molecule has 2 N–H and O–H groups in total. The molecule has 0 atom stereocenters. The highest BCUT2D eigenvalue weighted by atomic mass is 32.2. The number of amides is 1. The highest BCUT2D eigenvalue weighted by molar-refractivity contribution is 7.92. The average Bonchev–Trinajstić information content (AvgIpc) is 2.83. The van der Waals surface area contributed by atoms with Gasteiger partial charge in [0.25, 0.3) is 15.9 Å². The number of anilines is 1. The van der Waals surface area contributed by atoms with Gasteiger partial charge in [0.1, 0.15) is 5.82 Å². The number of halogens is 1. The molecule has 0 heterocycles. The summed E-state index contributed by atoms with van der Waals surface area (Å²) in [5, 5.41) is 2.85. The topological polar surface area (TPSA) is 78.5 Å². The Morgan fingerprint density at radius 1 is 0.848 bits per heavy atom. The molecule has 174 valence electrons. The second kappa shape index (κ2) is 11.1. The summed E-state index contributed by atoms with van der Waals surface area (Å²) in [6, 6.07) is 18.8. The molecule has 0 radical (unpaired) electrons. The van der Waals surface area contributed by atoms with Crippen LogP contribution < -0.4 is 10.0 Å². The molecule has 3 aromatic carbocycles. The summed E-state index contributed by atoms with van der Waals surface area (Å²) in [7, 11) is -3.85. The van der Waals surface area contributed by atoms with Crippen LogP contribution in [0, 0.1) is 5.82 Å². The molecule has 0 saturated heterocycles. The summed E-state index contributed by atoms with van der Waals surface area (Å²) in [6.07, 6.45) is 0. The molecule has 6 nitrogen and oxygen atoms in total. The van der Waals surface area contributed by atoms with Gasteiger partial charge in [-0.1, -0.05) is 38.1 Å². The van der Waals surface area contributed by atoms with Crippen molar-refractivity contribution in [3.05, 3.63) is 95.3 Å². The number of nitrogens with one attached hydrogen (secondary N) is 2. The van der Waals surface area contributed by atoms with E-state index in [2.05, 4.69) is 40.9 Å². The molecule has 0 unspecified atom stereocenters. The van der Waals surface area contributed by atoms with Gasteiger partial charge in [0.2, 0.25) is 0 Å². The fraction of sp³-hybridized carbons (Fsp3) is 0.240. The molecule has 0 aromatic heterocycles. The molecule has 0 aliphatic carbocycles. The monoisotopic (exact) mass is 469 g/mol. The fourth-order valence-electron chi connectivity index (χ4n) is 3.27. The predicted octanol–water partition coefficient (Wildman–Crippen LogP) is 4.40. The predicted molar refractivity (Wildman–Crippen MR) is 128 cm³/mol. The number of hydrogen-bond donors (Lipinski definition) is 2. The van der Waals surface area contributed by atoms with Crippen molar-refractivity contribution in [1.29, 1.82) is 0 Å². The van der Waals surface area contributed by atoms with Gasteiger partial charge in [0.05, 0.1) is 4.90 Å². The number of benzene rings is 3. The standard InChI is InChI=1S/C25H28FN3O3S/c1-3-29(4-2)18-20-7-5-19(6-8-20)17-27-25(30)21-9-15-24(16-10-21)33(31,32)28-23-13-11-22(26)12-14-23/h5-16,28H,3-4,17-18H2,1-2H3,(H,27,30). The number of rotatable bonds is 10. The molecule has 0 saturated carbocycles. The van der Waals surface area contributed by atoms with Crippen molar-refractivity contribution in [2.45, 2.75) is 31.8 Å². The molecule has 0 bridgehead atoms. The van der Waals surface area contributed by atoms with Crippen LogP contribution in [-0.4, -0.2) is 32.3 Å². The van der Waals surface area contributed by atoms with E-state index in [1.165, 1.54) is 54.1 Å². The highest BCUT2D eigenvalue weighted by Gasteiger charge is 2.15. The first-order valence-electron chi connectivity index (χ1n) is 10.8. The molecule has 33 heavy (non-hydrogen) atoms. The van der Waals surface area contributed by atoms with Gasteiger partial charge in [0.15, 0.2) is 0 Å². The minimum Gasteiger partial charge on any atom is -0.348 e. The first-order chi connectivity index (χ1) is 15.8. The summed E-state index contributed by atoms with van der Waals surface area (Å²) in [5.41, 5.74) is 2.81. The van der Waals surface area contributed by atoms with Crippen LogP contribution in [0.3, 0.4) is 0 Å². The summed E-state index contributed by atoms with van der Waals surface area (Å²) < 4.78 is 40.4. The molecule has 3 rings (SSSR count). The van der Waals surface area contributed by atoms with Gasteiger partial charge in [-0.2, -0.15) is 0 Å². The van der Waals surface area contributed by atoms with Crippen molar-refractivity contribution >= 4 is 21.6 Å². The van der Waals surface area contributed by atoms with Gasteiger partial charge in [-0.05, 0) is 72.7 Å². The van der Waals surface area contributed by atoms with Crippen LogP contribution in [0.5, 0.6) is 0 Å². The van der Waals surface area contributed by atoms with Crippen molar-refractivity contribution in [2.75, 3.05) is 17.8 Å². The molecule has 3 aromatic rings. The number of carbonyl (C=O) groups is 1. The minimum atomic E-state index is -3.85. The van der Waals surface area contributed by atoms with Crippen LogP contribution in [0.25, 0.3) is 0 Å². The Labute approximate surface area is 194 Å². The van der Waals surface area contributed by atoms with Crippen molar-refractivity contribution in [3.8, 4) is 0 Å². The van der Waals surface area contributed by atoms with E-state index in [4.69, 9.17) is 0 Å². The summed E-state index contributed by atoms with van der Waals surface area (Å²) >= 11 is 0. The Balaban J connectivity index is 1.57. The normalized spacial score (nSPS) is 11.4. The van der Waals surface area contributed by atoms with Crippen molar-refractivity contribution in [2.24, 2.45) is 0 Å². The Kier molecular flexibility index (Phi) is 8.19. The van der Waals surface area contributed by atoms with Gasteiger partial charge in [-0.25, -0.2) is 12.8 Å². The van der Waals surface area contributed by atoms with E-state index in [1.54, 1.807) is 0 Å². The number of nitrogens with zero attached hydrogens (tertiary/aromatic N) is 1. The molecular weight excluding hydrogens is 441 g/mol. The first-order valence-corrected chi connectivity index (χ1v) is 12.3. The maximum absolute atomic E-state index is 13.0. The zero-order valence-electron chi connectivity index (χ0n) is 18.7. The molecule has 0 aliphatic heterocycles. The van der Waals surface area contributed by atoms with Gasteiger partial charge in [-0.3, -0.25) is 14.4 Å². The third kappa shape index (κ3) is 6.87. The van der Waals surface area contributed by atoms with Gasteiger partial charge >= 0.3 is 0 Å². The quantitative estimate of drug-likeness (QED) is 0.461. The minimum absolute atomic E-state index is 0.00664.